The Bertz CT molecular complexity index is 1120. The molecule has 2 heterocycles. The van der Waals surface area contributed by atoms with Crippen LogP contribution in [0.15, 0.2) is 39.9 Å². The zero-order valence-electron chi connectivity index (χ0n) is 14.1. The lowest BCUT2D eigenvalue weighted by molar-refractivity contribution is -0.117. The SMILES string of the molecule is O=C(Cn1nc(OC2C[C@@H]2F)c2cc(Br)ccc2c1=O)Nc1ncc(F)cn1. The number of rotatable bonds is 5. The van der Waals surface area contributed by atoms with Gasteiger partial charge in [-0.15, -0.1) is 5.10 Å². The summed E-state index contributed by atoms with van der Waals surface area (Å²) in [6, 6.07) is 4.87. The molecule has 0 spiro atoms. The van der Waals surface area contributed by atoms with E-state index in [0.29, 0.717) is 9.86 Å². The van der Waals surface area contributed by atoms with E-state index < -0.39 is 36.1 Å². The van der Waals surface area contributed by atoms with Crippen LogP contribution in [0.4, 0.5) is 14.7 Å². The third kappa shape index (κ3) is 3.84. The molecule has 144 valence electrons. The van der Waals surface area contributed by atoms with Crippen molar-refractivity contribution in [2.45, 2.75) is 25.2 Å². The molecule has 28 heavy (non-hydrogen) atoms. The van der Waals surface area contributed by atoms with Gasteiger partial charge in [0, 0.05) is 10.9 Å². The molecule has 0 bridgehead atoms. The number of hydrogen-bond acceptors (Lipinski definition) is 6. The predicted octanol–water partition coefficient (Wildman–Crippen LogP) is 2.22. The summed E-state index contributed by atoms with van der Waals surface area (Å²) in [6.45, 7) is -0.453. The Kier molecular flexibility index (Phi) is 4.75. The van der Waals surface area contributed by atoms with Gasteiger partial charge >= 0.3 is 0 Å². The summed E-state index contributed by atoms with van der Waals surface area (Å²) in [4.78, 5) is 32.1. The third-order valence-electron chi connectivity index (χ3n) is 3.97. The minimum absolute atomic E-state index is 0.0619. The molecule has 1 aromatic carbocycles. The van der Waals surface area contributed by atoms with Crippen LogP contribution in [0.3, 0.4) is 0 Å². The number of nitrogens with zero attached hydrogens (tertiary/aromatic N) is 4. The lowest BCUT2D eigenvalue weighted by Crippen LogP contribution is -2.30. The fraction of sp³-hybridized carbons (Fsp3) is 0.235. The highest BCUT2D eigenvalue weighted by Crippen LogP contribution is 2.33. The third-order valence-corrected chi connectivity index (χ3v) is 4.47. The number of amides is 1. The Hall–Kier alpha value is -2.95. The van der Waals surface area contributed by atoms with Crippen molar-refractivity contribution in [2.24, 2.45) is 0 Å². The molecule has 4 rings (SSSR count). The molecule has 11 heteroatoms. The van der Waals surface area contributed by atoms with E-state index in [-0.39, 0.29) is 23.6 Å². The van der Waals surface area contributed by atoms with Crippen LogP contribution in [0.2, 0.25) is 0 Å². The standard InChI is InChI=1S/C17H12BrF2N5O3/c18-8-1-2-10-11(3-8)15(28-13-4-12(13)20)24-25(16(10)27)7-14(26)23-17-21-5-9(19)6-22-17/h1-3,5-6,12-13H,4,7H2,(H,21,22,23,26)/t12-,13?/m0/s1. The van der Waals surface area contributed by atoms with Crippen molar-refractivity contribution in [3.8, 4) is 5.88 Å². The fourth-order valence-corrected chi connectivity index (χ4v) is 2.87. The summed E-state index contributed by atoms with van der Waals surface area (Å²) in [5.41, 5.74) is -0.516. The normalized spacial score (nSPS) is 18.1. The van der Waals surface area contributed by atoms with Crippen LogP contribution in [0.5, 0.6) is 5.88 Å². The van der Waals surface area contributed by atoms with Crippen molar-refractivity contribution < 1.29 is 18.3 Å². The van der Waals surface area contributed by atoms with Gasteiger partial charge in [0.25, 0.3) is 5.56 Å². The second-order valence-corrected chi connectivity index (χ2v) is 7.05. The van der Waals surface area contributed by atoms with Gasteiger partial charge in [-0.2, -0.15) is 0 Å². The Balaban J connectivity index is 1.65. The van der Waals surface area contributed by atoms with E-state index in [0.717, 1.165) is 17.1 Å². The average Bonchev–Trinajstić information content (AvgIpc) is 3.35. The quantitative estimate of drug-likeness (QED) is 0.638. The molecule has 1 aliphatic rings. The van der Waals surface area contributed by atoms with E-state index in [1.807, 2.05) is 0 Å². The number of hydrogen-bond donors (Lipinski definition) is 1. The molecule has 2 aromatic heterocycles. The lowest BCUT2D eigenvalue weighted by Gasteiger charge is -2.12. The first-order valence-corrected chi connectivity index (χ1v) is 8.98. The number of alkyl halides is 1. The Morgan fingerprint density at radius 3 is 2.71 bits per heavy atom. The van der Waals surface area contributed by atoms with Gasteiger partial charge < -0.3 is 4.74 Å². The summed E-state index contributed by atoms with van der Waals surface area (Å²) in [7, 11) is 0. The zero-order valence-corrected chi connectivity index (χ0v) is 15.7. The van der Waals surface area contributed by atoms with Crippen LogP contribution in [0, 0.1) is 5.82 Å². The molecule has 1 aliphatic carbocycles. The van der Waals surface area contributed by atoms with Crippen LogP contribution in [-0.4, -0.2) is 37.9 Å². The molecule has 0 aliphatic heterocycles. The number of anilines is 1. The Morgan fingerprint density at radius 1 is 1.32 bits per heavy atom. The lowest BCUT2D eigenvalue weighted by atomic mass is 10.2. The number of aromatic nitrogens is 4. The molecule has 1 N–H and O–H groups in total. The van der Waals surface area contributed by atoms with Crippen molar-refractivity contribution in [3.05, 3.63) is 51.2 Å². The van der Waals surface area contributed by atoms with Gasteiger partial charge in [0.1, 0.15) is 18.8 Å². The monoisotopic (exact) mass is 451 g/mol. The Morgan fingerprint density at radius 2 is 2.04 bits per heavy atom. The summed E-state index contributed by atoms with van der Waals surface area (Å²) >= 11 is 3.31. The van der Waals surface area contributed by atoms with Gasteiger partial charge in [0.2, 0.25) is 17.7 Å². The van der Waals surface area contributed by atoms with Crippen molar-refractivity contribution >= 4 is 38.6 Å². The number of ether oxygens (including phenoxy) is 1. The smallest absolute Gasteiger partial charge is 0.275 e. The van der Waals surface area contributed by atoms with E-state index in [2.05, 4.69) is 36.3 Å². The first-order chi connectivity index (χ1) is 13.4. The minimum atomic E-state index is -1.08. The van der Waals surface area contributed by atoms with Crippen molar-refractivity contribution in [2.75, 3.05) is 5.32 Å². The largest absolute Gasteiger partial charge is 0.470 e. The molecular weight excluding hydrogens is 440 g/mol. The molecular formula is C17H12BrF2N5O3. The topological polar surface area (TPSA) is 99.0 Å². The van der Waals surface area contributed by atoms with E-state index in [9.17, 15) is 18.4 Å². The van der Waals surface area contributed by atoms with Gasteiger partial charge in [0.05, 0.1) is 23.2 Å². The van der Waals surface area contributed by atoms with Crippen molar-refractivity contribution in [3.63, 3.8) is 0 Å². The molecule has 1 unspecified atom stereocenters. The fourth-order valence-electron chi connectivity index (χ4n) is 2.51. The average molecular weight is 452 g/mol. The molecule has 0 radical (unpaired) electrons. The molecule has 1 amide bonds. The maximum Gasteiger partial charge on any atom is 0.275 e. The van der Waals surface area contributed by atoms with Gasteiger partial charge in [0.15, 0.2) is 5.82 Å². The number of carbonyl (C=O) groups excluding carboxylic acids is 1. The van der Waals surface area contributed by atoms with E-state index in [1.54, 1.807) is 18.2 Å². The first kappa shape index (κ1) is 18.4. The number of benzene rings is 1. The van der Waals surface area contributed by atoms with Crippen molar-refractivity contribution in [1.82, 2.24) is 19.7 Å². The van der Waals surface area contributed by atoms with Gasteiger partial charge in [-0.3, -0.25) is 14.9 Å². The zero-order chi connectivity index (χ0) is 19.8. The highest BCUT2D eigenvalue weighted by atomic mass is 79.9. The van der Waals surface area contributed by atoms with Crippen molar-refractivity contribution in [1.29, 1.82) is 0 Å². The summed E-state index contributed by atoms with van der Waals surface area (Å²) in [6.07, 6.45) is 0.343. The van der Waals surface area contributed by atoms with E-state index in [1.165, 1.54) is 0 Å². The number of fused-ring (bicyclic) bond motifs is 1. The van der Waals surface area contributed by atoms with Gasteiger partial charge in [-0.05, 0) is 18.2 Å². The molecule has 1 saturated carbocycles. The minimum Gasteiger partial charge on any atom is -0.470 e. The molecule has 3 aromatic rings. The first-order valence-electron chi connectivity index (χ1n) is 8.19. The summed E-state index contributed by atoms with van der Waals surface area (Å²) in [5, 5.41) is 7.12. The van der Waals surface area contributed by atoms with Crippen LogP contribution < -0.4 is 15.6 Å². The molecule has 1 fully saturated rings. The maximum absolute atomic E-state index is 13.3. The number of carbonyl (C=O) groups is 1. The van der Waals surface area contributed by atoms with Gasteiger partial charge in [-0.1, -0.05) is 15.9 Å². The van der Waals surface area contributed by atoms with Crippen LogP contribution in [-0.2, 0) is 11.3 Å². The van der Waals surface area contributed by atoms with Crippen LogP contribution in [0.25, 0.3) is 10.8 Å². The summed E-state index contributed by atoms with van der Waals surface area (Å²) < 4.78 is 33.3. The van der Waals surface area contributed by atoms with E-state index in [4.69, 9.17) is 4.74 Å². The second kappa shape index (κ2) is 7.23. The Labute approximate surface area is 164 Å². The van der Waals surface area contributed by atoms with E-state index >= 15 is 0 Å². The molecule has 8 nitrogen and oxygen atoms in total. The maximum atomic E-state index is 13.3. The second-order valence-electron chi connectivity index (χ2n) is 6.14. The number of nitrogens with one attached hydrogen (secondary N) is 1. The number of halogens is 3. The summed E-state index contributed by atoms with van der Waals surface area (Å²) in [5.74, 6) is -1.34. The van der Waals surface area contributed by atoms with Gasteiger partial charge in [-0.25, -0.2) is 23.4 Å². The highest BCUT2D eigenvalue weighted by molar-refractivity contribution is 9.10. The predicted molar refractivity (Wildman–Crippen MR) is 98.3 cm³/mol. The molecule has 0 saturated heterocycles. The highest BCUT2D eigenvalue weighted by Gasteiger charge is 2.41. The molecule has 2 atom stereocenters. The van der Waals surface area contributed by atoms with Crippen LogP contribution in [0.1, 0.15) is 6.42 Å². The van der Waals surface area contributed by atoms with Crippen LogP contribution >= 0.6 is 15.9 Å².